The van der Waals surface area contributed by atoms with Crippen molar-refractivity contribution in [2.45, 2.75) is 40.0 Å². The van der Waals surface area contributed by atoms with E-state index in [1.165, 1.54) is 0 Å². The molecule has 0 fully saturated rings. The Morgan fingerprint density at radius 1 is 1.29 bits per heavy atom. The summed E-state index contributed by atoms with van der Waals surface area (Å²) in [5.41, 5.74) is 4.16. The quantitative estimate of drug-likeness (QED) is 0.569. The zero-order chi connectivity index (χ0) is 10.9. The molecular weight excluding hydrogens is 170 g/mol. The van der Waals surface area contributed by atoms with Gasteiger partial charge in [0.25, 0.3) is 0 Å². The van der Waals surface area contributed by atoms with Gasteiger partial charge in [-0.15, -0.1) is 6.42 Å². The molecule has 1 aromatic heterocycles. The highest BCUT2D eigenvalue weighted by atomic mass is 14.7. The number of aromatic nitrogens is 1. The fourth-order valence-electron chi connectivity index (χ4n) is 1.56. The molecule has 1 heterocycles. The molecule has 0 amide bonds. The van der Waals surface area contributed by atoms with Crippen molar-refractivity contribution in [3.8, 4) is 12.3 Å². The van der Waals surface area contributed by atoms with Crippen molar-refractivity contribution in [1.82, 2.24) is 4.98 Å². The van der Waals surface area contributed by atoms with E-state index in [0.29, 0.717) is 0 Å². The maximum atomic E-state index is 5.51. The van der Waals surface area contributed by atoms with Crippen LogP contribution in [-0.2, 0) is 5.41 Å². The lowest BCUT2D eigenvalue weighted by atomic mass is 9.87. The first-order valence-corrected chi connectivity index (χ1v) is 4.81. The van der Waals surface area contributed by atoms with Crippen LogP contribution in [0.3, 0.4) is 0 Å². The molecule has 0 aromatic carbocycles. The average Bonchev–Trinajstić information content (AvgIpc) is 2.01. The minimum Gasteiger partial charge on any atom is -0.256 e. The molecule has 1 heteroatoms. The zero-order valence-electron chi connectivity index (χ0n) is 9.60. The van der Waals surface area contributed by atoms with E-state index in [0.717, 1.165) is 22.5 Å². The fourth-order valence-corrected chi connectivity index (χ4v) is 1.56. The molecule has 0 aliphatic heterocycles. The number of aryl methyl sites for hydroxylation is 2. The van der Waals surface area contributed by atoms with Crippen LogP contribution in [0.5, 0.6) is 0 Å². The second kappa shape index (κ2) is 3.46. The van der Waals surface area contributed by atoms with Crippen LogP contribution in [-0.4, -0.2) is 4.98 Å². The van der Waals surface area contributed by atoms with E-state index in [-0.39, 0.29) is 5.41 Å². The third kappa shape index (κ3) is 1.96. The van der Waals surface area contributed by atoms with Crippen molar-refractivity contribution < 1.29 is 0 Å². The molecule has 0 unspecified atom stereocenters. The highest BCUT2D eigenvalue weighted by Crippen LogP contribution is 2.25. The smallest absolute Gasteiger partial charge is 0.0619 e. The summed E-state index contributed by atoms with van der Waals surface area (Å²) in [5.74, 6) is 2.74. The van der Waals surface area contributed by atoms with Gasteiger partial charge in [-0.05, 0) is 25.5 Å². The van der Waals surface area contributed by atoms with Crippen LogP contribution in [0.1, 0.15) is 43.3 Å². The van der Waals surface area contributed by atoms with Crippen molar-refractivity contribution >= 4 is 0 Å². The Balaban J connectivity index is 3.50. The molecule has 1 rings (SSSR count). The maximum absolute atomic E-state index is 5.51. The number of pyridine rings is 1. The second-order valence-corrected chi connectivity index (χ2v) is 4.70. The predicted molar refractivity (Wildman–Crippen MR) is 60.3 cm³/mol. The molecule has 0 N–H and O–H groups in total. The van der Waals surface area contributed by atoms with E-state index in [1.807, 2.05) is 19.9 Å². The van der Waals surface area contributed by atoms with Crippen LogP contribution in [0.2, 0.25) is 0 Å². The predicted octanol–water partition coefficient (Wildman–Crippen LogP) is 2.98. The van der Waals surface area contributed by atoms with Crippen LogP contribution in [0, 0.1) is 26.2 Å². The molecule has 0 atom stereocenters. The summed E-state index contributed by atoms with van der Waals surface area (Å²) in [6.45, 7) is 10.4. The van der Waals surface area contributed by atoms with Crippen LogP contribution in [0.25, 0.3) is 0 Å². The molecule has 0 saturated heterocycles. The van der Waals surface area contributed by atoms with Crippen molar-refractivity contribution in [3.63, 3.8) is 0 Å². The molecule has 0 aliphatic carbocycles. The van der Waals surface area contributed by atoms with Gasteiger partial charge >= 0.3 is 0 Å². The average molecular weight is 187 g/mol. The van der Waals surface area contributed by atoms with Crippen LogP contribution in [0.15, 0.2) is 6.07 Å². The topological polar surface area (TPSA) is 12.9 Å². The minimum absolute atomic E-state index is 0.0124. The Kier molecular flexibility index (Phi) is 2.66. The van der Waals surface area contributed by atoms with Crippen LogP contribution in [0.4, 0.5) is 0 Å². The van der Waals surface area contributed by atoms with E-state index in [1.54, 1.807) is 0 Å². The van der Waals surface area contributed by atoms with Crippen molar-refractivity contribution in [3.05, 3.63) is 28.6 Å². The SMILES string of the molecule is C#Cc1c(C)cc(C)nc1C(C)(C)C. The molecule has 14 heavy (non-hydrogen) atoms. The summed E-state index contributed by atoms with van der Waals surface area (Å²) in [4.78, 5) is 4.53. The van der Waals surface area contributed by atoms with Gasteiger partial charge in [0.05, 0.1) is 5.69 Å². The number of rotatable bonds is 0. The highest BCUT2D eigenvalue weighted by Gasteiger charge is 2.20. The third-order valence-corrected chi connectivity index (χ3v) is 2.20. The van der Waals surface area contributed by atoms with Crippen LogP contribution >= 0.6 is 0 Å². The first-order valence-electron chi connectivity index (χ1n) is 4.81. The number of hydrogen-bond donors (Lipinski definition) is 0. The monoisotopic (exact) mass is 187 g/mol. The Labute approximate surface area is 86.6 Å². The summed E-state index contributed by atoms with van der Waals surface area (Å²) in [5, 5.41) is 0. The zero-order valence-corrected chi connectivity index (χ0v) is 9.60. The summed E-state index contributed by atoms with van der Waals surface area (Å²) in [6.07, 6.45) is 5.51. The van der Waals surface area contributed by atoms with E-state index >= 15 is 0 Å². The molecule has 0 bridgehead atoms. The summed E-state index contributed by atoms with van der Waals surface area (Å²) >= 11 is 0. The van der Waals surface area contributed by atoms with Gasteiger partial charge in [-0.3, -0.25) is 4.98 Å². The van der Waals surface area contributed by atoms with Gasteiger partial charge in [0.1, 0.15) is 0 Å². The normalized spacial score (nSPS) is 11.1. The Hall–Kier alpha value is -1.29. The first-order chi connectivity index (χ1) is 6.36. The standard InChI is InChI=1S/C13H17N/c1-7-11-9(2)8-10(3)14-12(11)13(4,5)6/h1,8H,2-6H3. The molecule has 0 spiro atoms. The summed E-state index contributed by atoms with van der Waals surface area (Å²) < 4.78 is 0. The summed E-state index contributed by atoms with van der Waals surface area (Å²) in [7, 11) is 0. The molecule has 1 nitrogen and oxygen atoms in total. The Morgan fingerprint density at radius 3 is 2.29 bits per heavy atom. The van der Waals surface area contributed by atoms with Gasteiger partial charge in [-0.2, -0.15) is 0 Å². The summed E-state index contributed by atoms with van der Waals surface area (Å²) in [6, 6.07) is 2.03. The number of terminal acetylenes is 1. The van der Waals surface area contributed by atoms with Gasteiger partial charge < -0.3 is 0 Å². The highest BCUT2D eigenvalue weighted by molar-refractivity contribution is 5.45. The number of nitrogens with zero attached hydrogens (tertiary/aromatic N) is 1. The lowest BCUT2D eigenvalue weighted by molar-refractivity contribution is 0.564. The van der Waals surface area contributed by atoms with Gasteiger partial charge in [0.15, 0.2) is 0 Å². The minimum atomic E-state index is 0.0124. The lowest BCUT2D eigenvalue weighted by Gasteiger charge is -2.21. The Bertz CT molecular complexity index is 389. The van der Waals surface area contributed by atoms with E-state index < -0.39 is 0 Å². The third-order valence-electron chi connectivity index (χ3n) is 2.20. The largest absolute Gasteiger partial charge is 0.256 e. The fraction of sp³-hybridized carbons (Fsp3) is 0.462. The van der Waals surface area contributed by atoms with Crippen molar-refractivity contribution in [1.29, 1.82) is 0 Å². The lowest BCUT2D eigenvalue weighted by Crippen LogP contribution is -2.17. The van der Waals surface area contributed by atoms with Gasteiger partial charge in [-0.25, -0.2) is 0 Å². The van der Waals surface area contributed by atoms with Gasteiger partial charge in [0, 0.05) is 16.7 Å². The Morgan fingerprint density at radius 2 is 1.86 bits per heavy atom. The van der Waals surface area contributed by atoms with Crippen molar-refractivity contribution in [2.75, 3.05) is 0 Å². The molecule has 0 saturated carbocycles. The van der Waals surface area contributed by atoms with Gasteiger partial charge in [-0.1, -0.05) is 26.7 Å². The van der Waals surface area contributed by atoms with Gasteiger partial charge in [0.2, 0.25) is 0 Å². The van der Waals surface area contributed by atoms with Crippen molar-refractivity contribution in [2.24, 2.45) is 0 Å². The molecular formula is C13H17N. The molecule has 0 aliphatic rings. The first kappa shape index (κ1) is 10.8. The van der Waals surface area contributed by atoms with E-state index in [9.17, 15) is 0 Å². The van der Waals surface area contributed by atoms with E-state index in [2.05, 4.69) is 31.7 Å². The molecule has 0 radical (unpaired) electrons. The second-order valence-electron chi connectivity index (χ2n) is 4.70. The molecule has 74 valence electrons. The van der Waals surface area contributed by atoms with E-state index in [4.69, 9.17) is 6.42 Å². The van der Waals surface area contributed by atoms with Crippen LogP contribution < -0.4 is 0 Å². The molecule has 1 aromatic rings. The maximum Gasteiger partial charge on any atom is 0.0619 e. The number of hydrogen-bond acceptors (Lipinski definition) is 1.